The lowest BCUT2D eigenvalue weighted by molar-refractivity contribution is 0.345. The summed E-state index contributed by atoms with van der Waals surface area (Å²) in [5.41, 5.74) is 11.3. The van der Waals surface area contributed by atoms with Crippen molar-refractivity contribution in [3.63, 3.8) is 0 Å². The fourth-order valence-corrected chi connectivity index (χ4v) is 7.04. The minimum absolute atomic E-state index is 0.0866. The highest BCUT2D eigenvalue weighted by Crippen LogP contribution is 2.62. The van der Waals surface area contributed by atoms with Gasteiger partial charge in [-0.2, -0.15) is 5.26 Å². The van der Waals surface area contributed by atoms with Crippen LogP contribution in [0.25, 0.3) is 22.3 Å². The molecule has 1 heterocycles. The third-order valence-electron chi connectivity index (χ3n) is 8.74. The maximum absolute atomic E-state index is 9.23. The lowest BCUT2D eigenvalue weighted by Gasteiger charge is -2.43. The summed E-state index contributed by atoms with van der Waals surface area (Å²) in [6.07, 6.45) is 5.50. The van der Waals surface area contributed by atoms with Gasteiger partial charge >= 0.3 is 0 Å². The van der Waals surface area contributed by atoms with Gasteiger partial charge in [0, 0.05) is 17.1 Å². The molecule has 1 atom stereocenters. The predicted octanol–water partition coefficient (Wildman–Crippen LogP) is 8.93. The topological polar surface area (TPSA) is 33.0 Å². The molecule has 1 aliphatic heterocycles. The average Bonchev–Trinajstić information content (AvgIpc) is 3.32. The van der Waals surface area contributed by atoms with Gasteiger partial charge in [0.25, 0.3) is 0 Å². The molecule has 2 aliphatic carbocycles. The largest absolute Gasteiger partial charge is 0.460 e. The first-order valence-corrected chi connectivity index (χ1v) is 13.8. The van der Waals surface area contributed by atoms with Crippen molar-refractivity contribution >= 4 is 0 Å². The van der Waals surface area contributed by atoms with Crippen molar-refractivity contribution in [3.05, 3.63) is 173 Å². The van der Waals surface area contributed by atoms with Crippen LogP contribution in [0.15, 0.2) is 145 Å². The molecule has 0 radical (unpaired) electrons. The zero-order chi connectivity index (χ0) is 26.7. The molecular formula is C38H25NO. The van der Waals surface area contributed by atoms with Crippen molar-refractivity contribution in [2.24, 2.45) is 0 Å². The van der Waals surface area contributed by atoms with E-state index in [-0.39, 0.29) is 5.92 Å². The van der Waals surface area contributed by atoms with Gasteiger partial charge in [-0.1, -0.05) is 115 Å². The normalized spacial score (nSPS) is 17.3. The van der Waals surface area contributed by atoms with Crippen LogP contribution in [0.1, 0.15) is 40.2 Å². The standard InChI is InChI=1S/C38H25NO/c39-24-25-19-21-26(22-20-25)27-9-7-10-28(23-27)29-13-8-17-35-37(29)40-36-18-6-5-16-34(36)38(35)32-14-3-1-11-30(32)31-12-2-4-15-33(31)38/h1-12,14-23,29H,13H2. The maximum atomic E-state index is 9.23. The first kappa shape index (κ1) is 22.8. The van der Waals surface area contributed by atoms with Gasteiger partial charge in [0.1, 0.15) is 11.5 Å². The number of para-hydroxylation sites is 1. The zero-order valence-electron chi connectivity index (χ0n) is 21.8. The van der Waals surface area contributed by atoms with Crippen molar-refractivity contribution in [1.82, 2.24) is 0 Å². The van der Waals surface area contributed by atoms with E-state index in [1.54, 1.807) is 0 Å². The Morgan fingerprint density at radius 3 is 2.08 bits per heavy atom. The Kier molecular flexibility index (Phi) is 4.96. The van der Waals surface area contributed by atoms with E-state index in [2.05, 4.69) is 115 Å². The molecule has 0 N–H and O–H groups in total. The van der Waals surface area contributed by atoms with E-state index < -0.39 is 5.41 Å². The third kappa shape index (κ3) is 3.09. The number of nitriles is 1. The molecule has 1 unspecified atom stereocenters. The van der Waals surface area contributed by atoms with Crippen LogP contribution in [-0.4, -0.2) is 0 Å². The van der Waals surface area contributed by atoms with E-state index >= 15 is 0 Å². The lowest BCUT2D eigenvalue weighted by Crippen LogP contribution is -2.36. The summed E-state index contributed by atoms with van der Waals surface area (Å²) < 4.78 is 6.89. The molecule has 40 heavy (non-hydrogen) atoms. The first-order chi connectivity index (χ1) is 19.8. The molecule has 0 saturated heterocycles. The fraction of sp³-hybridized carbons (Fsp3) is 0.0789. The number of rotatable bonds is 2. The number of fused-ring (bicyclic) bond motifs is 8. The van der Waals surface area contributed by atoms with Gasteiger partial charge in [0.15, 0.2) is 0 Å². The molecule has 188 valence electrons. The van der Waals surface area contributed by atoms with Crippen molar-refractivity contribution in [2.45, 2.75) is 17.8 Å². The summed E-state index contributed by atoms with van der Waals surface area (Å²) in [7, 11) is 0. The minimum Gasteiger partial charge on any atom is -0.460 e. The molecule has 0 aromatic heterocycles. The number of ether oxygens (including phenoxy) is 1. The van der Waals surface area contributed by atoms with Crippen LogP contribution in [0.3, 0.4) is 0 Å². The second-order valence-corrected chi connectivity index (χ2v) is 10.7. The Morgan fingerprint density at radius 1 is 0.675 bits per heavy atom. The number of allylic oxidation sites excluding steroid dienone is 4. The van der Waals surface area contributed by atoms with Crippen molar-refractivity contribution in [3.8, 4) is 34.1 Å². The SMILES string of the molecule is N#Cc1ccc(-c2cccc(C3CC=CC4=C3Oc3ccccc3C43c4ccccc4-c4ccccc43)c2)cc1. The lowest BCUT2D eigenvalue weighted by atomic mass is 9.63. The van der Waals surface area contributed by atoms with Crippen molar-refractivity contribution in [2.75, 3.05) is 0 Å². The van der Waals surface area contributed by atoms with Gasteiger partial charge in [-0.05, 0) is 63.6 Å². The Labute approximate surface area is 234 Å². The van der Waals surface area contributed by atoms with Crippen LogP contribution in [-0.2, 0) is 5.41 Å². The Balaban J connectivity index is 1.36. The molecular weight excluding hydrogens is 486 g/mol. The summed E-state index contributed by atoms with van der Waals surface area (Å²) in [6.45, 7) is 0. The number of hydrogen-bond donors (Lipinski definition) is 0. The van der Waals surface area contributed by atoms with E-state index in [4.69, 9.17) is 4.74 Å². The van der Waals surface area contributed by atoms with Gasteiger partial charge in [-0.15, -0.1) is 0 Å². The summed E-state index contributed by atoms with van der Waals surface area (Å²) in [5, 5.41) is 9.23. The van der Waals surface area contributed by atoms with Gasteiger partial charge in [0.05, 0.1) is 17.0 Å². The highest BCUT2D eigenvalue weighted by molar-refractivity contribution is 5.88. The predicted molar refractivity (Wildman–Crippen MR) is 159 cm³/mol. The molecule has 2 heteroatoms. The quantitative estimate of drug-likeness (QED) is 0.237. The molecule has 5 aromatic rings. The van der Waals surface area contributed by atoms with Gasteiger partial charge in [-0.25, -0.2) is 0 Å². The molecule has 3 aliphatic rings. The maximum Gasteiger partial charge on any atom is 0.131 e. The van der Waals surface area contributed by atoms with Crippen LogP contribution < -0.4 is 4.74 Å². The van der Waals surface area contributed by atoms with Gasteiger partial charge < -0.3 is 4.74 Å². The first-order valence-electron chi connectivity index (χ1n) is 13.8. The highest BCUT2D eigenvalue weighted by Gasteiger charge is 2.52. The Hall–Kier alpha value is -5.13. The van der Waals surface area contributed by atoms with E-state index in [0.29, 0.717) is 5.56 Å². The molecule has 1 spiro atoms. The number of nitrogens with zero attached hydrogens (tertiary/aromatic N) is 1. The van der Waals surface area contributed by atoms with Crippen LogP contribution >= 0.6 is 0 Å². The van der Waals surface area contributed by atoms with Crippen LogP contribution in [0.2, 0.25) is 0 Å². The van der Waals surface area contributed by atoms with Gasteiger partial charge in [0.2, 0.25) is 0 Å². The van der Waals surface area contributed by atoms with Crippen LogP contribution in [0, 0.1) is 11.3 Å². The monoisotopic (exact) mass is 511 g/mol. The van der Waals surface area contributed by atoms with E-state index in [1.165, 1.54) is 39.0 Å². The smallest absolute Gasteiger partial charge is 0.131 e. The number of hydrogen-bond acceptors (Lipinski definition) is 2. The zero-order valence-corrected chi connectivity index (χ0v) is 21.8. The second-order valence-electron chi connectivity index (χ2n) is 10.7. The Bertz CT molecular complexity index is 1870. The highest BCUT2D eigenvalue weighted by atomic mass is 16.5. The van der Waals surface area contributed by atoms with E-state index in [9.17, 15) is 5.26 Å². The molecule has 5 aromatic carbocycles. The summed E-state index contributed by atoms with van der Waals surface area (Å²) in [4.78, 5) is 0. The Morgan fingerprint density at radius 2 is 1.35 bits per heavy atom. The van der Waals surface area contributed by atoms with Crippen LogP contribution in [0.5, 0.6) is 5.75 Å². The van der Waals surface area contributed by atoms with Crippen molar-refractivity contribution < 1.29 is 4.74 Å². The molecule has 2 nitrogen and oxygen atoms in total. The fourth-order valence-electron chi connectivity index (χ4n) is 7.04. The third-order valence-corrected chi connectivity index (χ3v) is 8.74. The van der Waals surface area contributed by atoms with E-state index in [1.807, 2.05) is 24.3 Å². The molecule has 0 bridgehead atoms. The number of benzene rings is 5. The summed E-state index contributed by atoms with van der Waals surface area (Å²) >= 11 is 0. The second kappa shape index (κ2) is 8.70. The average molecular weight is 512 g/mol. The molecule has 0 saturated carbocycles. The summed E-state index contributed by atoms with van der Waals surface area (Å²) in [6, 6.07) is 45.1. The van der Waals surface area contributed by atoms with Gasteiger partial charge in [-0.3, -0.25) is 0 Å². The van der Waals surface area contributed by atoms with Crippen LogP contribution in [0.4, 0.5) is 0 Å². The van der Waals surface area contributed by atoms with E-state index in [0.717, 1.165) is 29.1 Å². The molecule has 0 amide bonds. The molecule has 8 rings (SSSR count). The van der Waals surface area contributed by atoms with Crippen molar-refractivity contribution in [1.29, 1.82) is 5.26 Å². The molecule has 0 fully saturated rings. The summed E-state index contributed by atoms with van der Waals surface area (Å²) in [5.74, 6) is 2.05. The minimum atomic E-state index is -0.433.